The van der Waals surface area contributed by atoms with Gasteiger partial charge in [-0.25, -0.2) is 22.2 Å². The molecule has 164 valence electrons. The molecule has 4 nitrogen and oxygen atoms in total. The van der Waals surface area contributed by atoms with Gasteiger partial charge < -0.3 is 4.90 Å². The molecule has 1 aliphatic rings. The van der Waals surface area contributed by atoms with E-state index in [9.17, 15) is 17.2 Å². The van der Waals surface area contributed by atoms with Gasteiger partial charge in [-0.05, 0) is 54.8 Å². The summed E-state index contributed by atoms with van der Waals surface area (Å²) < 4.78 is 52.7. The summed E-state index contributed by atoms with van der Waals surface area (Å²) >= 11 is 13.4. The summed E-state index contributed by atoms with van der Waals surface area (Å²) in [4.78, 5) is 6.64. The molecular weight excluding hydrogens is 485 g/mol. The maximum Gasteiger partial charge on any atom is 0.185 e. The average molecular weight is 503 g/mol. The minimum Gasteiger partial charge on any atom is -0.348 e. The van der Waals surface area contributed by atoms with Gasteiger partial charge in [-0.1, -0.05) is 23.2 Å². The number of aromatic nitrogens is 1. The monoisotopic (exact) mass is 502 g/mol. The van der Waals surface area contributed by atoms with E-state index < -0.39 is 20.9 Å². The van der Waals surface area contributed by atoms with Crippen molar-refractivity contribution in [3.8, 4) is 0 Å². The third kappa shape index (κ3) is 5.03. The number of anilines is 1. The molecule has 0 N–H and O–H groups in total. The molecule has 2 aromatic carbocycles. The Morgan fingerprint density at radius 1 is 1.06 bits per heavy atom. The molecular formula is C21H18Cl2F2N2O2S2. The highest BCUT2D eigenvalue weighted by Crippen LogP contribution is 2.32. The molecule has 0 unspecified atom stereocenters. The number of piperidine rings is 1. The number of thiazole rings is 1. The van der Waals surface area contributed by atoms with E-state index in [1.54, 1.807) is 6.07 Å². The van der Waals surface area contributed by atoms with Gasteiger partial charge in [0.25, 0.3) is 0 Å². The second-order valence-electron chi connectivity index (χ2n) is 7.38. The first-order valence-corrected chi connectivity index (χ1v) is 12.7. The number of benzene rings is 2. The number of nitrogens with zero attached hydrogens (tertiary/aromatic N) is 2. The van der Waals surface area contributed by atoms with Gasteiger partial charge >= 0.3 is 0 Å². The highest BCUT2D eigenvalue weighted by Gasteiger charge is 2.33. The van der Waals surface area contributed by atoms with Crippen molar-refractivity contribution in [3.05, 3.63) is 74.7 Å². The van der Waals surface area contributed by atoms with Crippen LogP contribution in [0.5, 0.6) is 0 Å². The van der Waals surface area contributed by atoms with Crippen LogP contribution in [0, 0.1) is 11.6 Å². The van der Waals surface area contributed by atoms with Crippen molar-refractivity contribution in [1.82, 2.24) is 4.98 Å². The number of rotatable bonds is 5. The molecule has 10 heteroatoms. The summed E-state index contributed by atoms with van der Waals surface area (Å²) in [6.07, 6.45) is 1.30. The van der Waals surface area contributed by atoms with Crippen molar-refractivity contribution in [1.29, 1.82) is 0 Å². The zero-order chi connectivity index (χ0) is 22.2. The average Bonchev–Trinajstić information content (AvgIpc) is 3.15. The molecule has 0 radical (unpaired) electrons. The molecule has 0 atom stereocenters. The van der Waals surface area contributed by atoms with Gasteiger partial charge in [0.05, 0.1) is 20.9 Å². The Kier molecular flexibility index (Phi) is 6.53. The molecule has 0 spiro atoms. The Labute approximate surface area is 193 Å². The molecule has 1 saturated heterocycles. The molecule has 0 aliphatic carbocycles. The van der Waals surface area contributed by atoms with Crippen LogP contribution in [0.15, 0.2) is 46.7 Å². The summed E-state index contributed by atoms with van der Waals surface area (Å²) in [6.45, 7) is 1.06. The van der Waals surface area contributed by atoms with Crippen LogP contribution in [0.1, 0.15) is 24.1 Å². The van der Waals surface area contributed by atoms with Crippen molar-refractivity contribution in [3.63, 3.8) is 0 Å². The maximum absolute atomic E-state index is 13.5. The van der Waals surface area contributed by atoms with E-state index in [2.05, 4.69) is 4.98 Å². The maximum atomic E-state index is 13.5. The lowest BCUT2D eigenvalue weighted by Crippen LogP contribution is -2.39. The zero-order valence-electron chi connectivity index (χ0n) is 16.2. The Hall–Kier alpha value is -1.74. The van der Waals surface area contributed by atoms with Gasteiger partial charge in [-0.2, -0.15) is 0 Å². The predicted octanol–water partition coefficient (Wildman–Crippen LogP) is 5.76. The molecule has 1 aliphatic heterocycles. The second kappa shape index (κ2) is 9.02. The van der Waals surface area contributed by atoms with Crippen molar-refractivity contribution in [2.75, 3.05) is 18.0 Å². The molecule has 3 aromatic rings. The number of halogens is 4. The summed E-state index contributed by atoms with van der Waals surface area (Å²) in [5.41, 5.74) is 1.54. The number of hydrogen-bond acceptors (Lipinski definition) is 5. The Morgan fingerprint density at radius 2 is 1.81 bits per heavy atom. The molecule has 0 amide bonds. The smallest absolute Gasteiger partial charge is 0.185 e. The van der Waals surface area contributed by atoms with E-state index in [0.717, 1.165) is 28.5 Å². The Morgan fingerprint density at radius 3 is 2.48 bits per heavy atom. The molecule has 1 aromatic heterocycles. The van der Waals surface area contributed by atoms with Crippen molar-refractivity contribution in [2.45, 2.75) is 29.4 Å². The lowest BCUT2D eigenvalue weighted by atomic mass is 10.1. The fraction of sp³-hybridized carbons (Fsp3) is 0.286. The van der Waals surface area contributed by atoms with Crippen LogP contribution in [0.2, 0.25) is 10.0 Å². The molecule has 1 fully saturated rings. The first-order chi connectivity index (χ1) is 14.7. The van der Waals surface area contributed by atoms with Gasteiger partial charge in [0.15, 0.2) is 15.0 Å². The van der Waals surface area contributed by atoms with Crippen LogP contribution >= 0.6 is 34.5 Å². The largest absolute Gasteiger partial charge is 0.348 e. The second-order valence-corrected chi connectivity index (χ2v) is 11.3. The summed E-state index contributed by atoms with van der Waals surface area (Å²) in [7, 11) is -3.65. The van der Waals surface area contributed by atoms with Crippen LogP contribution in [-0.4, -0.2) is 31.7 Å². The third-order valence-electron chi connectivity index (χ3n) is 5.20. The van der Waals surface area contributed by atoms with Gasteiger partial charge in [-0.15, -0.1) is 11.3 Å². The van der Waals surface area contributed by atoms with E-state index in [1.807, 2.05) is 10.3 Å². The zero-order valence-corrected chi connectivity index (χ0v) is 19.3. The highest BCUT2D eigenvalue weighted by molar-refractivity contribution is 7.92. The molecule has 2 heterocycles. The van der Waals surface area contributed by atoms with Gasteiger partial charge in [-0.3, -0.25) is 0 Å². The van der Waals surface area contributed by atoms with Gasteiger partial charge in [0, 0.05) is 29.9 Å². The van der Waals surface area contributed by atoms with E-state index in [0.29, 0.717) is 37.4 Å². The summed E-state index contributed by atoms with van der Waals surface area (Å²) in [5, 5.41) is 2.38. The van der Waals surface area contributed by atoms with E-state index in [-0.39, 0.29) is 15.7 Å². The Balaban J connectivity index is 1.42. The molecule has 31 heavy (non-hydrogen) atoms. The first-order valence-electron chi connectivity index (χ1n) is 9.55. The standard InChI is InChI=1S/C21H18Cl2F2N2O2S2/c22-14-7-13(8-16(25)10-14)9-17-12-30-21(26-17)27-5-3-18(4-6-27)31(28,29)20-2-1-15(24)11-19(20)23/h1-2,7-8,10-12,18H,3-6,9H2. The minimum atomic E-state index is -3.65. The quantitative estimate of drug-likeness (QED) is 0.416. The van der Waals surface area contributed by atoms with Crippen molar-refractivity contribution < 1.29 is 17.2 Å². The predicted molar refractivity (Wildman–Crippen MR) is 120 cm³/mol. The lowest BCUT2D eigenvalue weighted by molar-refractivity contribution is 0.529. The summed E-state index contributed by atoms with van der Waals surface area (Å²) in [5.74, 6) is -0.957. The number of hydrogen-bond donors (Lipinski definition) is 0. The lowest BCUT2D eigenvalue weighted by Gasteiger charge is -2.31. The Bertz CT molecular complexity index is 1190. The van der Waals surface area contributed by atoms with Crippen LogP contribution in [0.25, 0.3) is 0 Å². The third-order valence-corrected chi connectivity index (χ3v) is 9.11. The van der Waals surface area contributed by atoms with Crippen molar-refractivity contribution in [2.24, 2.45) is 0 Å². The van der Waals surface area contributed by atoms with Gasteiger partial charge in [0.1, 0.15) is 11.6 Å². The topological polar surface area (TPSA) is 50.3 Å². The van der Waals surface area contributed by atoms with Crippen LogP contribution in [-0.2, 0) is 16.3 Å². The van der Waals surface area contributed by atoms with Crippen LogP contribution < -0.4 is 4.90 Å². The van der Waals surface area contributed by atoms with Crippen LogP contribution in [0.3, 0.4) is 0 Å². The fourth-order valence-electron chi connectivity index (χ4n) is 3.69. The SMILES string of the molecule is O=S(=O)(c1ccc(F)cc1Cl)C1CCN(c2nc(Cc3cc(F)cc(Cl)c3)cs2)CC1. The highest BCUT2D eigenvalue weighted by atomic mass is 35.5. The number of sulfone groups is 1. The minimum absolute atomic E-state index is 0.0284. The van der Waals surface area contributed by atoms with E-state index in [4.69, 9.17) is 23.2 Å². The normalized spacial score (nSPS) is 15.4. The molecule has 0 saturated carbocycles. The van der Waals surface area contributed by atoms with Crippen LogP contribution in [0.4, 0.5) is 13.9 Å². The van der Waals surface area contributed by atoms with Crippen molar-refractivity contribution >= 4 is 49.5 Å². The molecule has 0 bridgehead atoms. The van der Waals surface area contributed by atoms with Gasteiger partial charge in [0.2, 0.25) is 0 Å². The molecule has 4 rings (SSSR count). The fourth-order valence-corrected chi connectivity index (χ4v) is 7.08. The first kappa shape index (κ1) is 22.5. The summed E-state index contributed by atoms with van der Waals surface area (Å²) in [6, 6.07) is 7.76. The van der Waals surface area contributed by atoms with E-state index >= 15 is 0 Å². The van der Waals surface area contributed by atoms with E-state index in [1.165, 1.54) is 29.5 Å².